The molecule has 0 radical (unpaired) electrons. The Kier molecular flexibility index (Phi) is 3.86. The van der Waals surface area contributed by atoms with E-state index in [4.69, 9.17) is 0 Å². The highest BCUT2D eigenvalue weighted by Gasteiger charge is 2.31. The first kappa shape index (κ1) is 14.7. The molecule has 21 heavy (non-hydrogen) atoms. The van der Waals surface area contributed by atoms with Gasteiger partial charge in [-0.15, -0.1) is 11.3 Å². The predicted molar refractivity (Wildman–Crippen MR) is 81.7 cm³/mol. The molecule has 1 aliphatic rings. The van der Waals surface area contributed by atoms with Gasteiger partial charge in [-0.25, -0.2) is 12.8 Å². The summed E-state index contributed by atoms with van der Waals surface area (Å²) in [6, 6.07) is 7.91. The molecule has 3 nitrogen and oxygen atoms in total. The monoisotopic (exact) mass is 325 g/mol. The van der Waals surface area contributed by atoms with Gasteiger partial charge in [-0.2, -0.15) is 0 Å². The molecule has 0 fully saturated rings. The number of nitrogens with one attached hydrogen (secondary N) is 1. The molecule has 0 amide bonds. The van der Waals surface area contributed by atoms with Crippen LogP contribution in [0, 0.1) is 5.82 Å². The smallest absolute Gasteiger partial charge is 0.178 e. The van der Waals surface area contributed by atoms with Crippen LogP contribution in [0.2, 0.25) is 0 Å². The molecule has 0 saturated carbocycles. The maximum atomic E-state index is 13.5. The Labute approximate surface area is 127 Å². The molecule has 0 saturated heterocycles. The van der Waals surface area contributed by atoms with Gasteiger partial charge < -0.3 is 5.32 Å². The van der Waals surface area contributed by atoms with Crippen molar-refractivity contribution in [1.29, 1.82) is 0 Å². The molecule has 112 valence electrons. The van der Waals surface area contributed by atoms with E-state index in [1.807, 2.05) is 24.4 Å². The average molecular weight is 325 g/mol. The number of halogens is 1. The van der Waals surface area contributed by atoms with E-state index in [0.29, 0.717) is 12.0 Å². The second-order valence-electron chi connectivity index (χ2n) is 5.25. The highest BCUT2D eigenvalue weighted by Crippen LogP contribution is 2.34. The first-order chi connectivity index (χ1) is 9.97. The summed E-state index contributed by atoms with van der Waals surface area (Å²) in [6.07, 6.45) is 0.467. The summed E-state index contributed by atoms with van der Waals surface area (Å²) in [4.78, 5) is 1.44. The predicted octanol–water partition coefficient (Wildman–Crippen LogP) is 3.46. The highest BCUT2D eigenvalue weighted by molar-refractivity contribution is 7.91. The zero-order valence-electron chi connectivity index (χ0n) is 11.5. The van der Waals surface area contributed by atoms with Gasteiger partial charge in [-0.05, 0) is 48.6 Å². The molecule has 2 atom stereocenters. The molecule has 1 aromatic heterocycles. The fourth-order valence-corrected chi connectivity index (χ4v) is 5.05. The molecule has 0 aliphatic carbocycles. The number of hydrogen-bond acceptors (Lipinski definition) is 4. The van der Waals surface area contributed by atoms with Crippen molar-refractivity contribution in [2.24, 2.45) is 0 Å². The van der Waals surface area contributed by atoms with Crippen LogP contribution in [0.3, 0.4) is 0 Å². The lowest BCUT2D eigenvalue weighted by Crippen LogP contribution is -2.31. The van der Waals surface area contributed by atoms with Crippen molar-refractivity contribution in [3.63, 3.8) is 0 Å². The Morgan fingerprint density at radius 2 is 2.19 bits per heavy atom. The van der Waals surface area contributed by atoms with Crippen molar-refractivity contribution in [2.45, 2.75) is 30.3 Å². The van der Waals surface area contributed by atoms with Crippen LogP contribution in [0.1, 0.15) is 35.9 Å². The molecular formula is C15H16FNO2S2. The summed E-state index contributed by atoms with van der Waals surface area (Å²) in [7, 11) is -3.29. The normalized spacial score (nSPS) is 21.7. The molecule has 1 aliphatic heterocycles. The van der Waals surface area contributed by atoms with E-state index in [-0.39, 0.29) is 22.7 Å². The summed E-state index contributed by atoms with van der Waals surface area (Å²) >= 11 is 1.65. The van der Waals surface area contributed by atoms with Crippen LogP contribution >= 0.6 is 11.3 Å². The lowest BCUT2D eigenvalue weighted by Gasteiger charge is -2.28. The molecule has 0 spiro atoms. The summed E-state index contributed by atoms with van der Waals surface area (Å²) in [5.41, 5.74) is 0.546. The van der Waals surface area contributed by atoms with E-state index in [0.717, 1.165) is 0 Å². The van der Waals surface area contributed by atoms with Crippen LogP contribution in [-0.2, 0) is 9.84 Å². The lowest BCUT2D eigenvalue weighted by molar-refractivity contribution is 0.442. The molecule has 2 aromatic rings. The molecule has 6 heteroatoms. The molecule has 1 aromatic carbocycles. The van der Waals surface area contributed by atoms with Crippen LogP contribution < -0.4 is 5.32 Å². The Morgan fingerprint density at radius 3 is 2.90 bits per heavy atom. The van der Waals surface area contributed by atoms with Gasteiger partial charge in [0.2, 0.25) is 0 Å². The van der Waals surface area contributed by atoms with Crippen molar-refractivity contribution in [3.8, 4) is 0 Å². The van der Waals surface area contributed by atoms with Crippen molar-refractivity contribution in [3.05, 3.63) is 52.0 Å². The largest absolute Gasteiger partial charge is 0.303 e. The van der Waals surface area contributed by atoms with Crippen LogP contribution in [0.5, 0.6) is 0 Å². The third-order valence-corrected chi connectivity index (χ3v) is 6.65. The number of rotatable bonds is 3. The van der Waals surface area contributed by atoms with Gasteiger partial charge in [0, 0.05) is 17.0 Å². The van der Waals surface area contributed by atoms with E-state index >= 15 is 0 Å². The van der Waals surface area contributed by atoms with E-state index in [1.165, 1.54) is 23.1 Å². The number of sulfone groups is 1. The van der Waals surface area contributed by atoms with Crippen LogP contribution in [0.15, 0.2) is 40.6 Å². The Bertz CT molecular complexity index is 741. The fourth-order valence-electron chi connectivity index (χ4n) is 2.71. The topological polar surface area (TPSA) is 46.2 Å². The van der Waals surface area contributed by atoms with Gasteiger partial charge in [0.15, 0.2) is 9.84 Å². The minimum absolute atomic E-state index is 0.0977. The van der Waals surface area contributed by atoms with E-state index in [9.17, 15) is 12.8 Å². The van der Waals surface area contributed by atoms with Gasteiger partial charge in [-0.3, -0.25) is 0 Å². The number of benzene rings is 1. The Morgan fingerprint density at radius 1 is 1.38 bits per heavy atom. The molecule has 2 heterocycles. The summed E-state index contributed by atoms with van der Waals surface area (Å²) < 4.78 is 37.7. The van der Waals surface area contributed by atoms with Crippen molar-refractivity contribution < 1.29 is 12.8 Å². The second kappa shape index (κ2) is 5.51. The molecular weight excluding hydrogens is 309 g/mol. The summed E-state index contributed by atoms with van der Waals surface area (Å²) in [6.45, 7) is 2.04. The number of thiophene rings is 1. The molecule has 1 unspecified atom stereocenters. The molecule has 3 rings (SSSR count). The Hall–Kier alpha value is -1.24. The zero-order valence-corrected chi connectivity index (χ0v) is 13.2. The lowest BCUT2D eigenvalue weighted by atomic mass is 10.0. The number of fused-ring (bicyclic) bond motifs is 1. The second-order valence-corrected chi connectivity index (χ2v) is 8.30. The zero-order chi connectivity index (χ0) is 15.0. The number of hydrogen-bond donors (Lipinski definition) is 1. The van der Waals surface area contributed by atoms with E-state index in [1.54, 1.807) is 11.3 Å². The third-order valence-electron chi connectivity index (χ3n) is 3.78. The van der Waals surface area contributed by atoms with Gasteiger partial charge in [0.05, 0.1) is 10.6 Å². The standard InChI is InChI=1S/C15H16FNO2S2/c1-10(14-3-2-7-20-14)17-13-6-8-21(18,19)15-5-4-11(16)9-12(13)15/h2-5,7,9-10,13,17H,6,8H2,1H3/t10-,13?/m0/s1. The van der Waals surface area contributed by atoms with E-state index < -0.39 is 15.7 Å². The maximum absolute atomic E-state index is 13.5. The van der Waals surface area contributed by atoms with Gasteiger partial charge in [-0.1, -0.05) is 6.07 Å². The Balaban J connectivity index is 1.93. The third kappa shape index (κ3) is 2.88. The van der Waals surface area contributed by atoms with Crippen molar-refractivity contribution in [1.82, 2.24) is 5.32 Å². The SMILES string of the molecule is C[C@H](NC1CCS(=O)(=O)c2ccc(F)cc21)c1cccs1. The quantitative estimate of drug-likeness (QED) is 0.879. The van der Waals surface area contributed by atoms with Crippen LogP contribution in [0.4, 0.5) is 4.39 Å². The van der Waals surface area contributed by atoms with Gasteiger partial charge in [0.1, 0.15) is 5.82 Å². The minimum Gasteiger partial charge on any atom is -0.303 e. The fraction of sp³-hybridized carbons (Fsp3) is 0.333. The maximum Gasteiger partial charge on any atom is 0.178 e. The first-order valence-electron chi connectivity index (χ1n) is 6.79. The van der Waals surface area contributed by atoms with Crippen molar-refractivity contribution >= 4 is 21.2 Å². The highest BCUT2D eigenvalue weighted by atomic mass is 32.2. The molecule has 0 bridgehead atoms. The van der Waals surface area contributed by atoms with Gasteiger partial charge >= 0.3 is 0 Å². The average Bonchev–Trinajstić information content (AvgIpc) is 2.96. The van der Waals surface area contributed by atoms with E-state index in [2.05, 4.69) is 5.32 Å². The van der Waals surface area contributed by atoms with Crippen LogP contribution in [0.25, 0.3) is 0 Å². The minimum atomic E-state index is -3.29. The van der Waals surface area contributed by atoms with Crippen molar-refractivity contribution in [2.75, 3.05) is 5.75 Å². The molecule has 1 N–H and O–H groups in total. The van der Waals surface area contributed by atoms with Crippen LogP contribution in [-0.4, -0.2) is 14.2 Å². The van der Waals surface area contributed by atoms with Gasteiger partial charge in [0.25, 0.3) is 0 Å². The summed E-state index contributed by atoms with van der Waals surface area (Å²) in [5.74, 6) is -0.304. The summed E-state index contributed by atoms with van der Waals surface area (Å²) in [5, 5.41) is 5.43. The first-order valence-corrected chi connectivity index (χ1v) is 9.32.